The second kappa shape index (κ2) is 5.64. The predicted molar refractivity (Wildman–Crippen MR) is 82.2 cm³/mol. The number of hydrogen-bond donors (Lipinski definition) is 1. The van der Waals surface area contributed by atoms with Gasteiger partial charge in [0.1, 0.15) is 0 Å². The van der Waals surface area contributed by atoms with E-state index in [0.29, 0.717) is 16.9 Å². The second-order valence-corrected chi connectivity index (χ2v) is 5.41. The minimum atomic E-state index is 0.324. The third kappa shape index (κ3) is 3.00. The number of rotatable bonds is 3. The number of hydrogen-bond acceptors (Lipinski definition) is 4. The third-order valence-corrected chi connectivity index (χ3v) is 3.36. The summed E-state index contributed by atoms with van der Waals surface area (Å²) in [5, 5.41) is 11.6. The maximum Gasteiger partial charge on any atom is 0.320 e. The molecule has 1 aromatic heterocycles. The molecule has 6 heteroatoms. The molecule has 3 aromatic rings. The largest absolute Gasteiger partial charge is 0.403 e. The maximum atomic E-state index is 5.92. The highest BCUT2D eigenvalue weighted by Gasteiger charge is 2.08. The van der Waals surface area contributed by atoms with Crippen molar-refractivity contribution >= 4 is 39.2 Å². The summed E-state index contributed by atoms with van der Waals surface area (Å²) in [6.07, 6.45) is 0. The summed E-state index contributed by atoms with van der Waals surface area (Å²) in [6.45, 7) is 0. The van der Waals surface area contributed by atoms with Gasteiger partial charge < -0.3 is 9.73 Å². The lowest BCUT2D eigenvalue weighted by atomic mass is 10.2. The molecule has 0 unspecified atom stereocenters. The molecule has 0 aliphatic rings. The van der Waals surface area contributed by atoms with Gasteiger partial charge in [0.25, 0.3) is 0 Å². The first-order valence-corrected chi connectivity index (χ1v) is 7.00. The molecule has 3 rings (SSSR count). The van der Waals surface area contributed by atoms with Crippen LogP contribution < -0.4 is 5.32 Å². The molecule has 2 aromatic carbocycles. The standard InChI is InChI=1S/C14H9BrClN3O/c15-10-6-4-9(5-7-10)13-18-19-14(20-13)17-12-3-1-2-11(16)8-12/h1-8H,(H,17,19). The van der Waals surface area contributed by atoms with Gasteiger partial charge in [-0.3, -0.25) is 0 Å². The van der Waals surface area contributed by atoms with Gasteiger partial charge in [0.05, 0.1) is 0 Å². The van der Waals surface area contributed by atoms with E-state index in [-0.39, 0.29) is 0 Å². The maximum absolute atomic E-state index is 5.92. The Morgan fingerprint density at radius 1 is 1.05 bits per heavy atom. The molecule has 1 N–H and O–H groups in total. The normalized spacial score (nSPS) is 10.5. The van der Waals surface area contributed by atoms with E-state index < -0.39 is 0 Å². The Morgan fingerprint density at radius 3 is 2.60 bits per heavy atom. The van der Waals surface area contributed by atoms with Crippen molar-refractivity contribution in [2.24, 2.45) is 0 Å². The smallest absolute Gasteiger partial charge is 0.320 e. The predicted octanol–water partition coefficient (Wildman–Crippen LogP) is 4.90. The lowest BCUT2D eigenvalue weighted by molar-refractivity contribution is 0.587. The Kier molecular flexibility index (Phi) is 3.71. The summed E-state index contributed by atoms with van der Waals surface area (Å²) in [5.41, 5.74) is 1.66. The average molecular weight is 351 g/mol. The molecule has 0 atom stereocenters. The van der Waals surface area contributed by atoms with E-state index in [4.69, 9.17) is 16.0 Å². The molecule has 0 saturated heterocycles. The Bertz CT molecular complexity index is 727. The fraction of sp³-hybridized carbons (Fsp3) is 0. The number of aromatic nitrogens is 2. The number of halogens is 2. The van der Waals surface area contributed by atoms with E-state index in [1.165, 1.54) is 0 Å². The van der Waals surface area contributed by atoms with Gasteiger partial charge in [-0.25, -0.2) is 0 Å². The number of benzene rings is 2. The molecule has 0 radical (unpaired) electrons. The van der Waals surface area contributed by atoms with Crippen LogP contribution in [0.3, 0.4) is 0 Å². The van der Waals surface area contributed by atoms with E-state index in [1.54, 1.807) is 12.1 Å². The van der Waals surface area contributed by atoms with Crippen molar-refractivity contribution in [3.05, 3.63) is 58.0 Å². The van der Waals surface area contributed by atoms with Gasteiger partial charge in [0.2, 0.25) is 5.89 Å². The van der Waals surface area contributed by atoms with Gasteiger partial charge in [0.15, 0.2) is 0 Å². The summed E-state index contributed by atoms with van der Waals surface area (Å²) in [5.74, 6) is 0.460. The minimum absolute atomic E-state index is 0.324. The SMILES string of the molecule is Clc1cccc(Nc2nnc(-c3ccc(Br)cc3)o2)c1. The zero-order chi connectivity index (χ0) is 13.9. The van der Waals surface area contributed by atoms with Crippen molar-refractivity contribution in [2.45, 2.75) is 0 Å². The molecule has 0 fully saturated rings. The van der Waals surface area contributed by atoms with Crippen molar-refractivity contribution < 1.29 is 4.42 Å². The summed E-state index contributed by atoms with van der Waals surface area (Å²) in [4.78, 5) is 0. The molecule has 4 nitrogen and oxygen atoms in total. The van der Waals surface area contributed by atoms with Gasteiger partial charge in [-0.05, 0) is 42.5 Å². The summed E-state index contributed by atoms with van der Waals surface area (Å²) < 4.78 is 6.56. The molecular weight excluding hydrogens is 342 g/mol. The highest BCUT2D eigenvalue weighted by atomic mass is 79.9. The summed E-state index contributed by atoms with van der Waals surface area (Å²) in [6, 6.07) is 15.3. The van der Waals surface area contributed by atoms with Gasteiger partial charge in [0, 0.05) is 20.7 Å². The van der Waals surface area contributed by atoms with E-state index >= 15 is 0 Å². The first-order chi connectivity index (χ1) is 9.70. The van der Waals surface area contributed by atoms with Crippen LogP contribution in [0, 0.1) is 0 Å². The molecule has 0 spiro atoms. The fourth-order valence-corrected chi connectivity index (χ4v) is 2.13. The quantitative estimate of drug-likeness (QED) is 0.730. The Hall–Kier alpha value is -1.85. The van der Waals surface area contributed by atoms with Crippen LogP contribution in [0.15, 0.2) is 57.4 Å². The molecule has 0 amide bonds. The van der Waals surface area contributed by atoms with Crippen molar-refractivity contribution in [1.82, 2.24) is 10.2 Å². The number of nitrogens with zero attached hydrogens (tertiary/aromatic N) is 2. The molecule has 20 heavy (non-hydrogen) atoms. The molecule has 1 heterocycles. The zero-order valence-corrected chi connectivity index (χ0v) is 12.5. The minimum Gasteiger partial charge on any atom is -0.403 e. The number of nitrogens with one attached hydrogen (secondary N) is 1. The topological polar surface area (TPSA) is 51.0 Å². The van der Waals surface area contributed by atoms with Crippen LogP contribution in [0.2, 0.25) is 5.02 Å². The van der Waals surface area contributed by atoms with E-state index in [1.807, 2.05) is 36.4 Å². The van der Waals surface area contributed by atoms with Gasteiger partial charge >= 0.3 is 6.01 Å². The Labute approximate surface area is 128 Å². The molecule has 0 aliphatic heterocycles. The van der Waals surface area contributed by atoms with Gasteiger partial charge in [-0.2, -0.15) is 0 Å². The van der Waals surface area contributed by atoms with Crippen molar-refractivity contribution in [3.63, 3.8) is 0 Å². The van der Waals surface area contributed by atoms with Crippen LogP contribution in [0.25, 0.3) is 11.5 Å². The van der Waals surface area contributed by atoms with E-state index in [2.05, 4.69) is 31.4 Å². The second-order valence-electron chi connectivity index (χ2n) is 4.05. The van der Waals surface area contributed by atoms with Crippen LogP contribution in [0.4, 0.5) is 11.7 Å². The summed E-state index contributed by atoms with van der Waals surface area (Å²) in [7, 11) is 0. The first kappa shape index (κ1) is 13.1. The summed E-state index contributed by atoms with van der Waals surface area (Å²) >= 11 is 9.30. The Morgan fingerprint density at radius 2 is 1.85 bits per heavy atom. The highest BCUT2D eigenvalue weighted by molar-refractivity contribution is 9.10. The van der Waals surface area contributed by atoms with Crippen molar-refractivity contribution in [2.75, 3.05) is 5.32 Å². The third-order valence-electron chi connectivity index (χ3n) is 2.59. The van der Waals surface area contributed by atoms with Gasteiger partial charge in [-0.15, -0.1) is 5.10 Å². The van der Waals surface area contributed by atoms with Crippen LogP contribution in [-0.4, -0.2) is 10.2 Å². The zero-order valence-electron chi connectivity index (χ0n) is 10.2. The monoisotopic (exact) mass is 349 g/mol. The molecule has 0 saturated carbocycles. The van der Waals surface area contributed by atoms with Crippen LogP contribution >= 0.6 is 27.5 Å². The lowest BCUT2D eigenvalue weighted by Crippen LogP contribution is -1.89. The molecule has 100 valence electrons. The first-order valence-electron chi connectivity index (χ1n) is 5.83. The Balaban J connectivity index is 1.82. The van der Waals surface area contributed by atoms with E-state index in [9.17, 15) is 0 Å². The highest BCUT2D eigenvalue weighted by Crippen LogP contribution is 2.24. The number of anilines is 2. The lowest BCUT2D eigenvalue weighted by Gasteiger charge is -2.00. The molecule has 0 bridgehead atoms. The van der Waals surface area contributed by atoms with Crippen LogP contribution in [-0.2, 0) is 0 Å². The van der Waals surface area contributed by atoms with Crippen LogP contribution in [0.5, 0.6) is 0 Å². The molecular formula is C14H9BrClN3O. The van der Waals surface area contributed by atoms with Gasteiger partial charge in [-0.1, -0.05) is 38.7 Å². The average Bonchev–Trinajstić information content (AvgIpc) is 2.88. The van der Waals surface area contributed by atoms with Crippen LogP contribution in [0.1, 0.15) is 0 Å². The van der Waals surface area contributed by atoms with Crippen molar-refractivity contribution in [3.8, 4) is 11.5 Å². The fourth-order valence-electron chi connectivity index (χ4n) is 1.67. The molecule has 0 aliphatic carbocycles. The van der Waals surface area contributed by atoms with Crippen molar-refractivity contribution in [1.29, 1.82) is 0 Å². The van der Waals surface area contributed by atoms with E-state index in [0.717, 1.165) is 15.7 Å².